The summed E-state index contributed by atoms with van der Waals surface area (Å²) in [6.07, 6.45) is 1.85. The van der Waals surface area contributed by atoms with E-state index in [1.165, 1.54) is 0 Å². The van der Waals surface area contributed by atoms with Crippen LogP contribution in [0.1, 0.15) is 10.6 Å². The van der Waals surface area contributed by atoms with E-state index in [4.69, 9.17) is 0 Å². The van der Waals surface area contributed by atoms with E-state index in [0.717, 1.165) is 15.7 Å². The van der Waals surface area contributed by atoms with Gasteiger partial charge in [-0.2, -0.15) is 0 Å². The fourth-order valence-electron chi connectivity index (χ4n) is 0.884. The van der Waals surface area contributed by atoms with Gasteiger partial charge in [0.25, 0.3) is 0 Å². The predicted octanol–water partition coefficient (Wildman–Crippen LogP) is 3.26. The van der Waals surface area contributed by atoms with Crippen LogP contribution in [0.2, 0.25) is 0 Å². The van der Waals surface area contributed by atoms with Crippen molar-refractivity contribution in [3.8, 4) is 0 Å². The molecule has 0 radical (unpaired) electrons. The third-order valence-electron chi connectivity index (χ3n) is 1.45. The van der Waals surface area contributed by atoms with Gasteiger partial charge in [0.2, 0.25) is 5.13 Å². The van der Waals surface area contributed by atoms with Crippen molar-refractivity contribution in [1.29, 1.82) is 0 Å². The molecule has 0 saturated carbocycles. The molecule has 0 aromatic carbocycles. The Kier molecular flexibility index (Phi) is 2.52. The van der Waals surface area contributed by atoms with E-state index in [1.807, 2.05) is 36.0 Å². The molecule has 2 rings (SSSR count). The number of thiophene rings is 1. The van der Waals surface area contributed by atoms with Gasteiger partial charge < -0.3 is 0 Å². The Bertz CT molecular complexity index is 401. The van der Waals surface area contributed by atoms with Crippen LogP contribution in [0.15, 0.2) is 27.9 Å². The first-order valence-corrected chi connectivity index (χ1v) is 5.60. The van der Waals surface area contributed by atoms with Crippen molar-refractivity contribution in [3.05, 3.63) is 33.5 Å². The summed E-state index contributed by atoms with van der Waals surface area (Å²) in [6, 6.07) is 4.05. The molecule has 2 aromatic heterocycles. The van der Waals surface area contributed by atoms with Crippen LogP contribution in [0, 0.1) is 6.92 Å². The third kappa shape index (κ3) is 2.23. The summed E-state index contributed by atoms with van der Waals surface area (Å²) in [5.74, 6) is 0. The number of aryl methyl sites for hydroxylation is 1. The van der Waals surface area contributed by atoms with Crippen LogP contribution in [-0.4, -0.2) is 11.2 Å². The molecule has 0 atom stereocenters. The highest BCUT2D eigenvalue weighted by molar-refractivity contribution is 7.13. The maximum atomic E-state index is 4.26. The number of nitrogens with zero attached hydrogens (tertiary/aromatic N) is 2. The summed E-state index contributed by atoms with van der Waals surface area (Å²) in [4.78, 5) is 9.66. The van der Waals surface area contributed by atoms with E-state index in [0.29, 0.717) is 0 Å². The second kappa shape index (κ2) is 3.81. The zero-order valence-corrected chi connectivity index (χ0v) is 8.73. The van der Waals surface area contributed by atoms with Crippen LogP contribution in [0.5, 0.6) is 0 Å². The molecule has 0 aliphatic rings. The summed E-state index contributed by atoms with van der Waals surface area (Å²) < 4.78 is 0. The molecule has 2 nitrogen and oxygen atoms in total. The first-order chi connectivity index (χ1) is 6.34. The maximum Gasteiger partial charge on any atom is 0.209 e. The number of hydrogen-bond acceptors (Lipinski definition) is 4. The number of thiazole rings is 1. The Labute approximate surface area is 84.6 Å². The van der Waals surface area contributed by atoms with E-state index >= 15 is 0 Å². The summed E-state index contributed by atoms with van der Waals surface area (Å²) in [7, 11) is 0. The van der Waals surface area contributed by atoms with Gasteiger partial charge in [0, 0.05) is 16.5 Å². The van der Waals surface area contributed by atoms with Crippen LogP contribution in [-0.2, 0) is 0 Å². The van der Waals surface area contributed by atoms with Gasteiger partial charge in [-0.1, -0.05) is 6.07 Å². The predicted molar refractivity (Wildman–Crippen MR) is 58.4 cm³/mol. The standard InChI is InChI=1S/C9H8N2S2/c1-7-6-13-9(11-7)10-5-8-3-2-4-12-8/h2-6H,1H3/b10-5+. The van der Waals surface area contributed by atoms with Crippen molar-refractivity contribution in [1.82, 2.24) is 4.98 Å². The van der Waals surface area contributed by atoms with Gasteiger partial charge in [-0.15, -0.1) is 22.7 Å². The number of hydrogen-bond donors (Lipinski definition) is 0. The second-order valence-corrected chi connectivity index (χ2v) is 4.36. The lowest BCUT2D eigenvalue weighted by Gasteiger charge is -1.82. The molecule has 13 heavy (non-hydrogen) atoms. The molecule has 4 heteroatoms. The SMILES string of the molecule is Cc1csc(/N=C/c2cccs2)n1. The van der Waals surface area contributed by atoms with Gasteiger partial charge in [0.05, 0.1) is 5.69 Å². The molecule has 0 saturated heterocycles. The number of rotatable bonds is 2. The highest BCUT2D eigenvalue weighted by atomic mass is 32.1. The van der Waals surface area contributed by atoms with Crippen LogP contribution in [0.3, 0.4) is 0 Å². The molecule has 66 valence electrons. The Hall–Kier alpha value is -1.00. The largest absolute Gasteiger partial charge is 0.226 e. The molecule has 0 unspecified atom stereocenters. The topological polar surface area (TPSA) is 25.2 Å². The van der Waals surface area contributed by atoms with Crippen LogP contribution in [0.4, 0.5) is 5.13 Å². The molecule has 2 heterocycles. The first kappa shape index (κ1) is 8.59. The Morgan fingerprint density at radius 1 is 1.46 bits per heavy atom. The highest BCUT2D eigenvalue weighted by Crippen LogP contribution is 2.18. The van der Waals surface area contributed by atoms with E-state index in [2.05, 4.69) is 9.98 Å². The van der Waals surface area contributed by atoms with Gasteiger partial charge >= 0.3 is 0 Å². The van der Waals surface area contributed by atoms with E-state index in [1.54, 1.807) is 22.7 Å². The summed E-state index contributed by atoms with van der Waals surface area (Å²) in [5, 5.41) is 4.86. The van der Waals surface area contributed by atoms with E-state index < -0.39 is 0 Å². The smallest absolute Gasteiger partial charge is 0.209 e. The zero-order valence-electron chi connectivity index (χ0n) is 7.10. The van der Waals surface area contributed by atoms with Gasteiger partial charge in [0.15, 0.2) is 0 Å². The number of aliphatic imine (C=N–C) groups is 1. The molecule has 0 fully saturated rings. The van der Waals surface area contributed by atoms with Crippen molar-refractivity contribution < 1.29 is 0 Å². The summed E-state index contributed by atoms with van der Waals surface area (Å²) in [5.41, 5.74) is 1.03. The molecule has 2 aromatic rings. The molecule has 0 aliphatic carbocycles. The molecule has 0 aliphatic heterocycles. The van der Waals surface area contributed by atoms with Crippen molar-refractivity contribution in [2.45, 2.75) is 6.92 Å². The van der Waals surface area contributed by atoms with Crippen molar-refractivity contribution in [2.75, 3.05) is 0 Å². The zero-order chi connectivity index (χ0) is 9.10. The summed E-state index contributed by atoms with van der Waals surface area (Å²) in [6.45, 7) is 1.97. The monoisotopic (exact) mass is 208 g/mol. The maximum absolute atomic E-state index is 4.26. The summed E-state index contributed by atoms with van der Waals surface area (Å²) >= 11 is 3.24. The Balaban J connectivity index is 2.14. The first-order valence-electron chi connectivity index (χ1n) is 3.84. The molecule has 0 N–H and O–H groups in total. The lowest BCUT2D eigenvalue weighted by atomic mass is 10.5. The Morgan fingerprint density at radius 2 is 2.38 bits per heavy atom. The molecular formula is C9H8N2S2. The normalized spacial score (nSPS) is 11.2. The second-order valence-electron chi connectivity index (χ2n) is 2.55. The average molecular weight is 208 g/mol. The van der Waals surface area contributed by atoms with E-state index in [-0.39, 0.29) is 0 Å². The van der Waals surface area contributed by atoms with Gasteiger partial charge in [0.1, 0.15) is 0 Å². The minimum Gasteiger partial charge on any atom is -0.226 e. The average Bonchev–Trinajstić information content (AvgIpc) is 2.71. The lowest BCUT2D eigenvalue weighted by Crippen LogP contribution is -1.71. The van der Waals surface area contributed by atoms with Crippen molar-refractivity contribution >= 4 is 34.0 Å². The molecular weight excluding hydrogens is 200 g/mol. The van der Waals surface area contributed by atoms with Crippen molar-refractivity contribution in [2.24, 2.45) is 4.99 Å². The van der Waals surface area contributed by atoms with E-state index in [9.17, 15) is 0 Å². The molecule has 0 spiro atoms. The minimum atomic E-state index is 0.825. The van der Waals surface area contributed by atoms with Crippen LogP contribution in [0.25, 0.3) is 0 Å². The van der Waals surface area contributed by atoms with Gasteiger partial charge in [-0.05, 0) is 18.4 Å². The number of aromatic nitrogens is 1. The van der Waals surface area contributed by atoms with Crippen molar-refractivity contribution in [3.63, 3.8) is 0 Å². The minimum absolute atomic E-state index is 0.825. The quantitative estimate of drug-likeness (QED) is 0.695. The molecule has 0 bridgehead atoms. The third-order valence-corrected chi connectivity index (χ3v) is 3.13. The fraction of sp³-hybridized carbons (Fsp3) is 0.111. The lowest BCUT2D eigenvalue weighted by molar-refractivity contribution is 1.25. The van der Waals surface area contributed by atoms with Crippen LogP contribution >= 0.6 is 22.7 Å². The van der Waals surface area contributed by atoms with Gasteiger partial charge in [-0.3, -0.25) is 0 Å². The highest BCUT2D eigenvalue weighted by Gasteiger charge is 1.93. The van der Waals surface area contributed by atoms with Gasteiger partial charge in [-0.25, -0.2) is 9.98 Å². The Morgan fingerprint density at radius 3 is 3.00 bits per heavy atom. The fourth-order valence-corrected chi connectivity index (χ4v) is 2.11. The van der Waals surface area contributed by atoms with Crippen LogP contribution < -0.4 is 0 Å². The molecule has 0 amide bonds.